The highest BCUT2D eigenvalue weighted by Gasteiger charge is 2.32. The van der Waals surface area contributed by atoms with Crippen molar-refractivity contribution in [2.24, 2.45) is 0 Å². The fraction of sp³-hybridized carbons (Fsp3) is 0.571. The summed E-state index contributed by atoms with van der Waals surface area (Å²) in [7, 11) is 0. The van der Waals surface area contributed by atoms with Crippen LogP contribution in [0.4, 0.5) is 0 Å². The summed E-state index contributed by atoms with van der Waals surface area (Å²) in [6, 6.07) is 5.71. The molecule has 4 nitrogen and oxygen atoms in total. The molecule has 0 aromatic heterocycles. The van der Waals surface area contributed by atoms with Gasteiger partial charge in [0.2, 0.25) is 0 Å². The maximum Gasteiger partial charge on any atom is 0.123 e. The van der Waals surface area contributed by atoms with E-state index >= 15 is 0 Å². The number of hydrogen-bond acceptors (Lipinski definition) is 4. The Kier molecular flexibility index (Phi) is 3.67. The smallest absolute Gasteiger partial charge is 0.123 e. The van der Waals surface area contributed by atoms with Crippen molar-refractivity contribution in [3.8, 4) is 5.75 Å². The summed E-state index contributed by atoms with van der Waals surface area (Å²) in [6.45, 7) is 2.32. The zero-order valence-corrected chi connectivity index (χ0v) is 11.4. The van der Waals surface area contributed by atoms with E-state index in [2.05, 4.69) is 5.32 Å². The molecule has 0 aliphatic carbocycles. The predicted molar refractivity (Wildman–Crippen MR) is 72.8 cm³/mol. The first kappa shape index (κ1) is 13.2. The second kappa shape index (κ2) is 5.29. The second-order valence-corrected chi connectivity index (χ2v) is 5.79. The number of benzene rings is 1. The first-order valence-corrected chi connectivity index (χ1v) is 6.98. The van der Waals surface area contributed by atoms with Gasteiger partial charge < -0.3 is 19.9 Å². The molecule has 0 spiro atoms. The minimum absolute atomic E-state index is 0.111. The van der Waals surface area contributed by atoms with Crippen molar-refractivity contribution in [1.29, 1.82) is 0 Å². The van der Waals surface area contributed by atoms with E-state index in [1.165, 1.54) is 0 Å². The zero-order valence-electron chi connectivity index (χ0n) is 10.7. The van der Waals surface area contributed by atoms with Gasteiger partial charge in [0.25, 0.3) is 0 Å². The minimum Gasteiger partial charge on any atom is -0.488 e. The molecule has 0 bridgehead atoms. The highest BCUT2D eigenvalue weighted by atomic mass is 35.5. The van der Waals surface area contributed by atoms with Crippen molar-refractivity contribution < 1.29 is 14.6 Å². The molecule has 1 saturated heterocycles. The summed E-state index contributed by atoms with van der Waals surface area (Å²) in [4.78, 5) is 0. The lowest BCUT2D eigenvalue weighted by atomic mass is 10.0. The number of rotatable bonds is 4. The van der Waals surface area contributed by atoms with Crippen molar-refractivity contribution in [1.82, 2.24) is 5.32 Å². The van der Waals surface area contributed by atoms with Crippen LogP contribution in [0.2, 0.25) is 5.02 Å². The number of aliphatic hydroxyl groups is 1. The molecule has 1 aromatic rings. The summed E-state index contributed by atoms with van der Waals surface area (Å²) in [5.74, 6) is 0.916. The number of nitrogens with one attached hydrogen (secondary N) is 1. The number of fused-ring (bicyclic) bond motifs is 1. The Balaban J connectivity index is 1.48. The lowest BCUT2D eigenvalue weighted by molar-refractivity contribution is 0.0255. The summed E-state index contributed by atoms with van der Waals surface area (Å²) in [5.41, 5.74) is 0.441. The molecule has 0 saturated carbocycles. The molecule has 2 aliphatic rings. The monoisotopic (exact) mass is 283 g/mol. The Morgan fingerprint density at radius 2 is 2.37 bits per heavy atom. The third-order valence-corrected chi connectivity index (χ3v) is 3.91. The first-order valence-electron chi connectivity index (χ1n) is 6.61. The molecule has 3 rings (SSSR count). The molecule has 5 heteroatoms. The molecule has 0 radical (unpaired) electrons. The highest BCUT2D eigenvalue weighted by Crippen LogP contribution is 2.30. The number of ether oxygens (including phenoxy) is 2. The average molecular weight is 284 g/mol. The third-order valence-electron chi connectivity index (χ3n) is 3.67. The van der Waals surface area contributed by atoms with Crippen LogP contribution in [0.5, 0.6) is 5.75 Å². The van der Waals surface area contributed by atoms with E-state index in [0.717, 1.165) is 22.8 Å². The number of halogens is 1. The van der Waals surface area contributed by atoms with E-state index in [0.29, 0.717) is 32.7 Å². The molecule has 2 heterocycles. The maximum absolute atomic E-state index is 10.1. The zero-order chi connectivity index (χ0) is 13.3. The fourth-order valence-corrected chi connectivity index (χ4v) is 2.80. The lowest BCUT2D eigenvalue weighted by Gasteiger charge is -2.22. The van der Waals surface area contributed by atoms with Crippen LogP contribution >= 0.6 is 11.6 Å². The van der Waals surface area contributed by atoms with Crippen molar-refractivity contribution in [2.45, 2.75) is 24.5 Å². The molecule has 1 aromatic carbocycles. The standard InChI is InChI=1S/C14H18ClNO3/c15-11-1-2-13-10(5-11)6-12(19-13)7-16-8-14(17)3-4-18-9-14/h1-2,5,12,16-17H,3-4,6-9H2. The first-order chi connectivity index (χ1) is 9.15. The fourth-order valence-electron chi connectivity index (χ4n) is 2.60. The van der Waals surface area contributed by atoms with Gasteiger partial charge >= 0.3 is 0 Å². The van der Waals surface area contributed by atoms with Crippen molar-refractivity contribution in [3.05, 3.63) is 28.8 Å². The Hall–Kier alpha value is -0.810. The quantitative estimate of drug-likeness (QED) is 0.877. The highest BCUT2D eigenvalue weighted by molar-refractivity contribution is 6.30. The summed E-state index contributed by atoms with van der Waals surface area (Å²) in [6.07, 6.45) is 1.67. The van der Waals surface area contributed by atoms with Gasteiger partial charge in [0.1, 0.15) is 17.5 Å². The van der Waals surface area contributed by atoms with Gasteiger partial charge in [-0.05, 0) is 23.8 Å². The molecule has 2 unspecified atom stereocenters. The van der Waals surface area contributed by atoms with Crippen LogP contribution in [0.1, 0.15) is 12.0 Å². The number of hydrogen-bond donors (Lipinski definition) is 2. The van der Waals surface area contributed by atoms with E-state index in [1.54, 1.807) is 0 Å². The third kappa shape index (κ3) is 3.03. The molecule has 2 aliphatic heterocycles. The van der Waals surface area contributed by atoms with Crippen LogP contribution < -0.4 is 10.1 Å². The molecule has 104 valence electrons. The van der Waals surface area contributed by atoms with Crippen molar-refractivity contribution in [2.75, 3.05) is 26.3 Å². The van der Waals surface area contributed by atoms with E-state index in [-0.39, 0.29) is 6.10 Å². The SMILES string of the molecule is OC1(CNCC2Cc3cc(Cl)ccc3O2)CCOC1. The van der Waals surface area contributed by atoms with Crippen LogP contribution in [0.15, 0.2) is 18.2 Å². The van der Waals surface area contributed by atoms with Gasteiger partial charge in [-0.3, -0.25) is 0 Å². The van der Waals surface area contributed by atoms with Crippen LogP contribution in [-0.2, 0) is 11.2 Å². The maximum atomic E-state index is 10.1. The van der Waals surface area contributed by atoms with E-state index < -0.39 is 5.60 Å². The van der Waals surface area contributed by atoms with E-state index in [1.807, 2.05) is 18.2 Å². The molecule has 2 atom stereocenters. The van der Waals surface area contributed by atoms with Crippen LogP contribution in [0.25, 0.3) is 0 Å². The summed E-state index contributed by atoms with van der Waals surface area (Å²) >= 11 is 5.96. The average Bonchev–Trinajstić information content (AvgIpc) is 2.95. The molecule has 19 heavy (non-hydrogen) atoms. The van der Waals surface area contributed by atoms with Crippen molar-refractivity contribution >= 4 is 11.6 Å². The molecular formula is C14H18ClNO3. The van der Waals surface area contributed by atoms with Crippen LogP contribution in [0, 0.1) is 0 Å². The Morgan fingerprint density at radius 3 is 3.16 bits per heavy atom. The van der Waals surface area contributed by atoms with Crippen molar-refractivity contribution in [3.63, 3.8) is 0 Å². The topological polar surface area (TPSA) is 50.7 Å². The van der Waals surface area contributed by atoms with Crippen LogP contribution in [0.3, 0.4) is 0 Å². The predicted octanol–water partition coefficient (Wildman–Crippen LogP) is 1.38. The Bertz CT molecular complexity index is 460. The van der Waals surface area contributed by atoms with E-state index in [9.17, 15) is 5.11 Å². The molecule has 2 N–H and O–H groups in total. The van der Waals surface area contributed by atoms with Gasteiger partial charge in [-0.25, -0.2) is 0 Å². The summed E-state index contributed by atoms with van der Waals surface area (Å²) in [5, 5.41) is 14.1. The largest absolute Gasteiger partial charge is 0.488 e. The Labute approximate surface area is 117 Å². The van der Waals surface area contributed by atoms with Gasteiger partial charge in [0, 0.05) is 37.6 Å². The molecule has 1 fully saturated rings. The van der Waals surface area contributed by atoms with Gasteiger partial charge in [-0.1, -0.05) is 11.6 Å². The van der Waals surface area contributed by atoms with Gasteiger partial charge in [0.15, 0.2) is 0 Å². The van der Waals surface area contributed by atoms with E-state index in [4.69, 9.17) is 21.1 Å². The second-order valence-electron chi connectivity index (χ2n) is 5.35. The summed E-state index contributed by atoms with van der Waals surface area (Å²) < 4.78 is 11.0. The minimum atomic E-state index is -0.714. The molecular weight excluding hydrogens is 266 g/mol. The van der Waals surface area contributed by atoms with Gasteiger partial charge in [-0.2, -0.15) is 0 Å². The van der Waals surface area contributed by atoms with Gasteiger partial charge in [0.05, 0.1) is 6.61 Å². The van der Waals surface area contributed by atoms with Gasteiger partial charge in [-0.15, -0.1) is 0 Å². The Morgan fingerprint density at radius 1 is 1.47 bits per heavy atom. The lowest BCUT2D eigenvalue weighted by Crippen LogP contribution is -2.44. The normalized spacial score (nSPS) is 29.3. The molecule has 0 amide bonds. The van der Waals surface area contributed by atoms with Crippen LogP contribution in [-0.4, -0.2) is 43.1 Å².